The van der Waals surface area contributed by atoms with Crippen molar-refractivity contribution in [3.8, 4) is 5.75 Å². The van der Waals surface area contributed by atoms with Crippen molar-refractivity contribution in [3.05, 3.63) is 28.2 Å². The van der Waals surface area contributed by atoms with Crippen LogP contribution in [0.3, 0.4) is 0 Å². The lowest BCUT2D eigenvalue weighted by molar-refractivity contribution is 0.0687. The van der Waals surface area contributed by atoms with Crippen LogP contribution in [-0.2, 0) is 4.74 Å². The first-order valence-corrected chi connectivity index (χ1v) is 7.88. The van der Waals surface area contributed by atoms with E-state index in [1.54, 1.807) is 25.3 Å². The number of aliphatic hydroxyl groups is 1. The normalized spacial score (nSPS) is 23.2. The molecule has 0 saturated heterocycles. The van der Waals surface area contributed by atoms with Gasteiger partial charge in [0.2, 0.25) is 0 Å². The quantitative estimate of drug-likeness (QED) is 0.805. The minimum absolute atomic E-state index is 0.204. The lowest BCUT2D eigenvalue weighted by Crippen LogP contribution is -2.42. The van der Waals surface area contributed by atoms with Gasteiger partial charge in [-0.3, -0.25) is 0 Å². The molecule has 4 nitrogen and oxygen atoms in total. The Hall–Kier alpha value is -0.520. The molecule has 1 saturated carbocycles. The van der Waals surface area contributed by atoms with E-state index < -0.39 is 6.10 Å². The highest BCUT2D eigenvalue weighted by Gasteiger charge is 2.26. The molecule has 2 N–H and O–H groups in total. The summed E-state index contributed by atoms with van der Waals surface area (Å²) in [6.07, 6.45) is 2.97. The number of rotatable bonds is 7. The van der Waals surface area contributed by atoms with Crippen LogP contribution in [0.1, 0.15) is 19.3 Å². The minimum atomic E-state index is -0.586. The molecule has 0 aliphatic heterocycles. The summed E-state index contributed by atoms with van der Waals surface area (Å²) in [5.41, 5.74) is 0. The third-order valence-electron chi connectivity index (χ3n) is 3.70. The summed E-state index contributed by atoms with van der Waals surface area (Å²) in [6.45, 7) is 0.682. The molecule has 0 heterocycles. The molecule has 1 fully saturated rings. The summed E-state index contributed by atoms with van der Waals surface area (Å²) >= 11 is 11.7. The van der Waals surface area contributed by atoms with Crippen LogP contribution in [0.15, 0.2) is 18.2 Å². The molecule has 1 aliphatic carbocycles. The summed E-state index contributed by atoms with van der Waals surface area (Å²) in [5.74, 6) is 0.596. The predicted molar refractivity (Wildman–Crippen MR) is 84.4 cm³/mol. The molecular weight excluding hydrogens is 313 g/mol. The molecule has 0 bridgehead atoms. The van der Waals surface area contributed by atoms with Gasteiger partial charge in [-0.2, -0.15) is 0 Å². The van der Waals surface area contributed by atoms with Crippen LogP contribution in [0, 0.1) is 0 Å². The van der Waals surface area contributed by atoms with Gasteiger partial charge in [0.1, 0.15) is 18.5 Å². The third-order valence-corrected chi connectivity index (χ3v) is 4.44. The van der Waals surface area contributed by atoms with Crippen LogP contribution in [0.4, 0.5) is 0 Å². The Morgan fingerprint density at radius 3 is 2.86 bits per heavy atom. The summed E-state index contributed by atoms with van der Waals surface area (Å²) < 4.78 is 10.9. The molecule has 21 heavy (non-hydrogen) atoms. The summed E-state index contributed by atoms with van der Waals surface area (Å²) in [4.78, 5) is 0. The van der Waals surface area contributed by atoms with Gasteiger partial charge in [-0.15, -0.1) is 0 Å². The topological polar surface area (TPSA) is 50.7 Å². The van der Waals surface area contributed by atoms with Crippen LogP contribution in [0.2, 0.25) is 10.0 Å². The second-order valence-corrected chi connectivity index (χ2v) is 6.07. The van der Waals surface area contributed by atoms with Gasteiger partial charge in [0.25, 0.3) is 0 Å². The summed E-state index contributed by atoms with van der Waals surface area (Å²) in [6, 6.07) is 5.36. The van der Waals surface area contributed by atoms with Crippen LogP contribution < -0.4 is 10.1 Å². The zero-order chi connectivity index (χ0) is 15.2. The number of nitrogens with one attached hydrogen (secondary N) is 1. The van der Waals surface area contributed by atoms with E-state index in [1.165, 1.54) is 0 Å². The Balaban J connectivity index is 1.72. The van der Waals surface area contributed by atoms with Gasteiger partial charge in [0.05, 0.1) is 16.1 Å². The van der Waals surface area contributed by atoms with Crippen LogP contribution in [-0.4, -0.2) is 43.6 Å². The van der Waals surface area contributed by atoms with Crippen molar-refractivity contribution in [2.24, 2.45) is 0 Å². The van der Waals surface area contributed by atoms with Crippen molar-refractivity contribution in [3.63, 3.8) is 0 Å². The maximum Gasteiger partial charge on any atom is 0.121 e. The van der Waals surface area contributed by atoms with Gasteiger partial charge in [-0.05, 0) is 31.4 Å². The van der Waals surface area contributed by atoms with E-state index in [2.05, 4.69) is 5.32 Å². The van der Waals surface area contributed by atoms with Gasteiger partial charge < -0.3 is 19.9 Å². The molecular formula is C15H21Cl2NO3. The molecule has 6 heteroatoms. The van der Waals surface area contributed by atoms with E-state index in [4.69, 9.17) is 32.7 Å². The maximum absolute atomic E-state index is 9.97. The smallest absolute Gasteiger partial charge is 0.121 e. The number of halogens is 2. The third kappa shape index (κ3) is 5.01. The van der Waals surface area contributed by atoms with Gasteiger partial charge >= 0.3 is 0 Å². The summed E-state index contributed by atoms with van der Waals surface area (Å²) in [7, 11) is 1.73. The standard InChI is InChI=1S/C15H21Cl2NO3/c1-20-15-4-2-3-14(15)18-8-10(19)9-21-11-5-6-12(16)13(17)7-11/h5-7,10,14-15,18-19H,2-4,8-9H2,1H3. The highest BCUT2D eigenvalue weighted by Crippen LogP contribution is 2.26. The first-order valence-electron chi connectivity index (χ1n) is 7.12. The highest BCUT2D eigenvalue weighted by atomic mass is 35.5. The second-order valence-electron chi connectivity index (χ2n) is 5.26. The second kappa shape index (κ2) is 8.20. The number of aliphatic hydroxyl groups excluding tert-OH is 1. The minimum Gasteiger partial charge on any atom is -0.491 e. The van der Waals surface area contributed by atoms with E-state index >= 15 is 0 Å². The lowest BCUT2D eigenvalue weighted by Gasteiger charge is -2.21. The fourth-order valence-electron chi connectivity index (χ4n) is 2.55. The lowest BCUT2D eigenvalue weighted by atomic mass is 10.2. The van der Waals surface area contributed by atoms with E-state index in [1.807, 2.05) is 0 Å². The average Bonchev–Trinajstić information content (AvgIpc) is 2.94. The van der Waals surface area contributed by atoms with E-state index in [9.17, 15) is 5.11 Å². The Morgan fingerprint density at radius 1 is 1.33 bits per heavy atom. The molecule has 1 aromatic carbocycles. The molecule has 0 spiro atoms. The first kappa shape index (κ1) is 16.8. The zero-order valence-electron chi connectivity index (χ0n) is 12.0. The molecule has 118 valence electrons. The zero-order valence-corrected chi connectivity index (χ0v) is 13.5. The Bertz CT molecular complexity index is 459. The fourth-order valence-corrected chi connectivity index (χ4v) is 2.84. The molecule has 0 radical (unpaired) electrons. The van der Waals surface area contributed by atoms with Crippen molar-refractivity contribution in [1.82, 2.24) is 5.32 Å². The van der Waals surface area contributed by atoms with E-state index in [-0.39, 0.29) is 12.7 Å². The average molecular weight is 334 g/mol. The molecule has 3 unspecified atom stereocenters. The fraction of sp³-hybridized carbons (Fsp3) is 0.600. The maximum atomic E-state index is 9.97. The number of hydrogen-bond donors (Lipinski definition) is 2. The Kier molecular flexibility index (Phi) is 6.58. The van der Waals surface area contributed by atoms with Crippen molar-refractivity contribution in [1.29, 1.82) is 0 Å². The van der Waals surface area contributed by atoms with Gasteiger partial charge in [0.15, 0.2) is 0 Å². The summed E-state index contributed by atoms with van der Waals surface area (Å²) in [5, 5.41) is 14.2. The predicted octanol–water partition coefficient (Wildman–Crippen LogP) is 2.89. The van der Waals surface area contributed by atoms with Crippen LogP contribution in [0.25, 0.3) is 0 Å². The number of benzene rings is 1. The number of hydrogen-bond acceptors (Lipinski definition) is 4. The molecule has 0 aromatic heterocycles. The molecule has 1 aromatic rings. The Morgan fingerprint density at radius 2 is 2.14 bits per heavy atom. The number of ether oxygens (including phenoxy) is 2. The van der Waals surface area contributed by atoms with Crippen molar-refractivity contribution in [2.45, 2.75) is 37.5 Å². The van der Waals surface area contributed by atoms with Crippen LogP contribution >= 0.6 is 23.2 Å². The van der Waals surface area contributed by atoms with E-state index in [0.717, 1.165) is 19.3 Å². The molecule has 1 aliphatic rings. The monoisotopic (exact) mass is 333 g/mol. The molecule has 0 amide bonds. The van der Waals surface area contributed by atoms with Crippen molar-refractivity contribution in [2.75, 3.05) is 20.3 Å². The SMILES string of the molecule is COC1CCCC1NCC(O)COc1ccc(Cl)c(Cl)c1. The molecule has 2 rings (SSSR count). The van der Waals surface area contributed by atoms with Crippen molar-refractivity contribution >= 4 is 23.2 Å². The molecule has 3 atom stereocenters. The van der Waals surface area contributed by atoms with Gasteiger partial charge in [0, 0.05) is 25.8 Å². The van der Waals surface area contributed by atoms with Crippen molar-refractivity contribution < 1.29 is 14.6 Å². The highest BCUT2D eigenvalue weighted by molar-refractivity contribution is 6.42. The number of methoxy groups -OCH3 is 1. The largest absolute Gasteiger partial charge is 0.491 e. The van der Waals surface area contributed by atoms with Crippen LogP contribution in [0.5, 0.6) is 5.75 Å². The first-order chi connectivity index (χ1) is 10.1. The van der Waals surface area contributed by atoms with E-state index in [0.29, 0.717) is 28.4 Å². The van der Waals surface area contributed by atoms with Gasteiger partial charge in [-0.25, -0.2) is 0 Å². The Labute approximate surface area is 135 Å². The van der Waals surface area contributed by atoms with Gasteiger partial charge in [-0.1, -0.05) is 23.2 Å².